The molecule has 0 bridgehead atoms. The predicted molar refractivity (Wildman–Crippen MR) is 68.6 cm³/mol. The summed E-state index contributed by atoms with van der Waals surface area (Å²) in [6, 6.07) is 7.20. The molecule has 18 heavy (non-hydrogen) atoms. The standard InChI is InChI=1S/C14H16N2O2/c1-2-10-3-5-11(6-4-10)8-16-14(18)13-7-12(17)9-15-13/h1,3-6,12-13,15,17H,7-9H2,(H,16,18). The van der Waals surface area contributed by atoms with Gasteiger partial charge in [-0.25, -0.2) is 0 Å². The van der Waals surface area contributed by atoms with Crippen LogP contribution in [0.2, 0.25) is 0 Å². The van der Waals surface area contributed by atoms with E-state index in [0.29, 0.717) is 19.5 Å². The molecule has 0 aliphatic carbocycles. The molecule has 0 saturated carbocycles. The number of hydrogen-bond acceptors (Lipinski definition) is 3. The minimum atomic E-state index is -0.421. The molecule has 1 aromatic rings. The zero-order valence-corrected chi connectivity index (χ0v) is 10.0. The van der Waals surface area contributed by atoms with E-state index in [4.69, 9.17) is 6.42 Å². The maximum absolute atomic E-state index is 11.8. The van der Waals surface area contributed by atoms with Crippen molar-refractivity contribution in [2.24, 2.45) is 0 Å². The Bertz CT molecular complexity index is 462. The number of β-amino-alcohol motifs (C(OH)–C–C–N with tert-alkyl or cyclic N) is 1. The van der Waals surface area contributed by atoms with Crippen molar-refractivity contribution in [1.82, 2.24) is 10.6 Å². The van der Waals surface area contributed by atoms with E-state index < -0.39 is 6.10 Å². The molecule has 1 amide bonds. The van der Waals surface area contributed by atoms with Gasteiger partial charge in [0.25, 0.3) is 0 Å². The minimum Gasteiger partial charge on any atom is -0.392 e. The molecule has 1 aromatic carbocycles. The lowest BCUT2D eigenvalue weighted by Crippen LogP contribution is -2.39. The third-order valence-corrected chi connectivity index (χ3v) is 3.01. The first-order valence-electron chi connectivity index (χ1n) is 5.94. The summed E-state index contributed by atoms with van der Waals surface area (Å²) < 4.78 is 0. The van der Waals surface area contributed by atoms with E-state index in [2.05, 4.69) is 16.6 Å². The Labute approximate surface area is 106 Å². The van der Waals surface area contributed by atoms with Crippen LogP contribution in [0.1, 0.15) is 17.5 Å². The Hall–Kier alpha value is -1.83. The fraction of sp³-hybridized carbons (Fsp3) is 0.357. The second-order valence-electron chi connectivity index (χ2n) is 4.41. The highest BCUT2D eigenvalue weighted by atomic mass is 16.3. The molecule has 0 spiro atoms. The molecule has 2 atom stereocenters. The van der Waals surface area contributed by atoms with Crippen LogP contribution in [0, 0.1) is 12.3 Å². The van der Waals surface area contributed by atoms with Crippen LogP contribution in [0.15, 0.2) is 24.3 Å². The van der Waals surface area contributed by atoms with Crippen molar-refractivity contribution < 1.29 is 9.90 Å². The minimum absolute atomic E-state index is 0.0763. The van der Waals surface area contributed by atoms with Crippen LogP contribution in [-0.2, 0) is 11.3 Å². The molecular formula is C14H16N2O2. The van der Waals surface area contributed by atoms with Gasteiger partial charge in [0.2, 0.25) is 5.91 Å². The molecule has 1 saturated heterocycles. The van der Waals surface area contributed by atoms with Crippen molar-refractivity contribution in [2.45, 2.75) is 25.1 Å². The summed E-state index contributed by atoms with van der Waals surface area (Å²) >= 11 is 0. The first kappa shape index (κ1) is 12.6. The van der Waals surface area contributed by atoms with Gasteiger partial charge in [-0.1, -0.05) is 18.1 Å². The number of aliphatic hydroxyl groups excluding tert-OH is 1. The molecule has 1 aliphatic heterocycles. The van der Waals surface area contributed by atoms with Gasteiger partial charge >= 0.3 is 0 Å². The van der Waals surface area contributed by atoms with Crippen molar-refractivity contribution in [3.63, 3.8) is 0 Å². The molecule has 2 unspecified atom stereocenters. The van der Waals surface area contributed by atoms with Gasteiger partial charge in [-0.05, 0) is 24.1 Å². The maximum atomic E-state index is 11.8. The normalized spacial score (nSPS) is 22.4. The lowest BCUT2D eigenvalue weighted by Gasteiger charge is -2.11. The number of terminal acetylenes is 1. The summed E-state index contributed by atoms with van der Waals surface area (Å²) in [6.45, 7) is 0.951. The summed E-state index contributed by atoms with van der Waals surface area (Å²) in [6.07, 6.45) is 5.32. The summed E-state index contributed by atoms with van der Waals surface area (Å²) in [4.78, 5) is 11.8. The van der Waals surface area contributed by atoms with Crippen LogP contribution in [0.4, 0.5) is 0 Å². The van der Waals surface area contributed by atoms with Crippen molar-refractivity contribution >= 4 is 5.91 Å². The van der Waals surface area contributed by atoms with Gasteiger partial charge in [-0.2, -0.15) is 0 Å². The zero-order valence-electron chi connectivity index (χ0n) is 10.0. The molecule has 1 fully saturated rings. The molecule has 0 radical (unpaired) electrons. The van der Waals surface area contributed by atoms with Gasteiger partial charge in [-0.3, -0.25) is 4.79 Å². The summed E-state index contributed by atoms with van der Waals surface area (Å²) in [5.41, 5.74) is 1.83. The second-order valence-corrected chi connectivity index (χ2v) is 4.41. The van der Waals surface area contributed by atoms with Gasteiger partial charge in [0.05, 0.1) is 12.1 Å². The SMILES string of the molecule is C#Cc1ccc(CNC(=O)C2CC(O)CN2)cc1. The van der Waals surface area contributed by atoms with Crippen molar-refractivity contribution in [3.05, 3.63) is 35.4 Å². The van der Waals surface area contributed by atoms with Gasteiger partial charge in [0.1, 0.15) is 0 Å². The fourth-order valence-electron chi connectivity index (χ4n) is 1.95. The predicted octanol–water partition coefficient (Wildman–Crippen LogP) is 0.00690. The molecule has 4 heteroatoms. The molecule has 94 valence electrons. The van der Waals surface area contributed by atoms with E-state index in [-0.39, 0.29) is 11.9 Å². The summed E-state index contributed by atoms with van der Waals surface area (Å²) in [5, 5.41) is 15.1. The van der Waals surface area contributed by atoms with E-state index in [0.717, 1.165) is 11.1 Å². The molecule has 2 rings (SSSR count). The quantitative estimate of drug-likeness (QED) is 0.656. The zero-order chi connectivity index (χ0) is 13.0. The average Bonchev–Trinajstić information content (AvgIpc) is 2.83. The Balaban J connectivity index is 1.84. The van der Waals surface area contributed by atoms with Gasteiger partial charge in [0, 0.05) is 18.7 Å². The van der Waals surface area contributed by atoms with Gasteiger partial charge < -0.3 is 15.7 Å². The molecular weight excluding hydrogens is 228 g/mol. The lowest BCUT2D eigenvalue weighted by atomic mass is 10.1. The molecule has 1 aliphatic rings. The number of nitrogens with one attached hydrogen (secondary N) is 2. The number of amides is 1. The van der Waals surface area contributed by atoms with E-state index >= 15 is 0 Å². The Morgan fingerprint density at radius 3 is 2.78 bits per heavy atom. The van der Waals surface area contributed by atoms with Crippen LogP contribution in [-0.4, -0.2) is 29.7 Å². The van der Waals surface area contributed by atoms with E-state index in [1.807, 2.05) is 24.3 Å². The molecule has 3 N–H and O–H groups in total. The highest BCUT2D eigenvalue weighted by Gasteiger charge is 2.27. The van der Waals surface area contributed by atoms with Crippen LogP contribution in [0.25, 0.3) is 0 Å². The molecule has 1 heterocycles. The summed E-state index contributed by atoms with van der Waals surface area (Å²) in [7, 11) is 0. The second kappa shape index (κ2) is 5.67. The smallest absolute Gasteiger partial charge is 0.237 e. The maximum Gasteiger partial charge on any atom is 0.237 e. The number of aliphatic hydroxyl groups is 1. The number of benzene rings is 1. The largest absolute Gasteiger partial charge is 0.392 e. The highest BCUT2D eigenvalue weighted by Crippen LogP contribution is 2.07. The Morgan fingerprint density at radius 2 is 2.22 bits per heavy atom. The van der Waals surface area contributed by atoms with Gasteiger partial charge in [-0.15, -0.1) is 6.42 Å². The molecule has 4 nitrogen and oxygen atoms in total. The first-order chi connectivity index (χ1) is 8.69. The monoisotopic (exact) mass is 244 g/mol. The Kier molecular flexibility index (Phi) is 3.98. The number of hydrogen-bond donors (Lipinski definition) is 3. The van der Waals surface area contributed by atoms with E-state index in [9.17, 15) is 9.90 Å². The fourth-order valence-corrected chi connectivity index (χ4v) is 1.95. The third-order valence-electron chi connectivity index (χ3n) is 3.01. The van der Waals surface area contributed by atoms with Crippen LogP contribution in [0.3, 0.4) is 0 Å². The van der Waals surface area contributed by atoms with E-state index in [1.165, 1.54) is 0 Å². The molecule has 0 aromatic heterocycles. The van der Waals surface area contributed by atoms with Gasteiger partial charge in [0.15, 0.2) is 0 Å². The number of rotatable bonds is 3. The number of carbonyl (C=O) groups is 1. The van der Waals surface area contributed by atoms with Crippen molar-refractivity contribution in [3.8, 4) is 12.3 Å². The van der Waals surface area contributed by atoms with Crippen LogP contribution in [0.5, 0.6) is 0 Å². The van der Waals surface area contributed by atoms with E-state index in [1.54, 1.807) is 0 Å². The van der Waals surface area contributed by atoms with Crippen molar-refractivity contribution in [2.75, 3.05) is 6.54 Å². The highest BCUT2D eigenvalue weighted by molar-refractivity contribution is 5.82. The Morgan fingerprint density at radius 1 is 1.50 bits per heavy atom. The topological polar surface area (TPSA) is 61.4 Å². The third kappa shape index (κ3) is 3.10. The van der Waals surface area contributed by atoms with Crippen molar-refractivity contribution in [1.29, 1.82) is 0 Å². The summed E-state index contributed by atoms with van der Waals surface area (Å²) in [5.74, 6) is 2.47. The van der Waals surface area contributed by atoms with Crippen LogP contribution >= 0.6 is 0 Å². The lowest BCUT2D eigenvalue weighted by molar-refractivity contribution is -0.123. The number of carbonyl (C=O) groups excluding carboxylic acids is 1. The first-order valence-corrected chi connectivity index (χ1v) is 5.94. The van der Waals surface area contributed by atoms with Crippen LogP contribution < -0.4 is 10.6 Å². The average molecular weight is 244 g/mol.